The third kappa shape index (κ3) is 3.07. The summed E-state index contributed by atoms with van der Waals surface area (Å²) >= 11 is 0. The number of ether oxygens (including phenoxy) is 1. The van der Waals surface area contributed by atoms with Crippen molar-refractivity contribution in [2.75, 3.05) is 0 Å². The molecule has 1 saturated heterocycles. The lowest BCUT2D eigenvalue weighted by atomic mass is 9.73. The van der Waals surface area contributed by atoms with Crippen LogP contribution < -0.4 is 0 Å². The third-order valence-electron chi connectivity index (χ3n) is 4.03. The van der Waals surface area contributed by atoms with Crippen LogP contribution >= 0.6 is 0 Å². The van der Waals surface area contributed by atoms with Crippen LogP contribution in [-0.2, 0) is 14.3 Å². The molecule has 19 heavy (non-hydrogen) atoms. The largest absolute Gasteiger partial charge is 0.393 e. The normalized spacial score (nSPS) is 27.3. The molecule has 0 radical (unpaired) electrons. The number of rotatable bonds is 4. The second-order valence-electron chi connectivity index (χ2n) is 6.76. The Hall–Kier alpha value is -1.12. The fourth-order valence-electron chi connectivity index (χ4n) is 3.29. The van der Waals surface area contributed by atoms with E-state index in [0.29, 0.717) is 11.8 Å². The van der Waals surface area contributed by atoms with Gasteiger partial charge in [0.25, 0.3) is 0 Å². The quantitative estimate of drug-likeness (QED) is 0.443. The smallest absolute Gasteiger partial charge is 0.317 e. The Morgan fingerprint density at radius 1 is 0.895 bits per heavy atom. The summed E-state index contributed by atoms with van der Waals surface area (Å²) < 4.78 is 4.81. The molecule has 1 aliphatic heterocycles. The van der Waals surface area contributed by atoms with Gasteiger partial charge in [0.2, 0.25) is 0 Å². The minimum absolute atomic E-state index is 0.211. The first-order valence-electron chi connectivity index (χ1n) is 7.33. The summed E-state index contributed by atoms with van der Waals surface area (Å²) in [4.78, 5) is 23.4. The van der Waals surface area contributed by atoms with Crippen LogP contribution in [0.15, 0.2) is 11.1 Å². The van der Waals surface area contributed by atoms with Crippen molar-refractivity contribution >= 4 is 11.9 Å². The summed E-state index contributed by atoms with van der Waals surface area (Å²) in [5.74, 6) is 0.137. The number of hydrogen-bond donors (Lipinski definition) is 0. The van der Waals surface area contributed by atoms with Gasteiger partial charge in [-0.1, -0.05) is 38.8 Å². The molecule has 0 bridgehead atoms. The van der Waals surface area contributed by atoms with Gasteiger partial charge in [0.05, 0.1) is 11.8 Å². The van der Waals surface area contributed by atoms with Gasteiger partial charge in [-0.3, -0.25) is 9.59 Å². The Morgan fingerprint density at radius 3 is 1.58 bits per heavy atom. The first-order chi connectivity index (χ1) is 8.88. The van der Waals surface area contributed by atoms with Gasteiger partial charge in [-0.25, -0.2) is 0 Å². The molecule has 3 nitrogen and oxygen atoms in total. The van der Waals surface area contributed by atoms with E-state index in [1.54, 1.807) is 0 Å². The van der Waals surface area contributed by atoms with E-state index in [1.165, 1.54) is 11.1 Å². The number of esters is 2. The molecule has 0 aromatic heterocycles. The first kappa shape index (κ1) is 14.3. The maximum Gasteiger partial charge on any atom is 0.317 e. The van der Waals surface area contributed by atoms with Crippen LogP contribution in [0.25, 0.3) is 0 Å². The van der Waals surface area contributed by atoms with Crippen LogP contribution in [0.4, 0.5) is 0 Å². The van der Waals surface area contributed by atoms with Crippen molar-refractivity contribution in [2.45, 2.75) is 53.4 Å². The predicted octanol–water partition coefficient (Wildman–Crippen LogP) is 3.48. The number of hydrogen-bond acceptors (Lipinski definition) is 3. The van der Waals surface area contributed by atoms with Crippen molar-refractivity contribution < 1.29 is 14.3 Å². The molecule has 0 aromatic rings. The second kappa shape index (κ2) is 5.48. The SMILES string of the molecule is CC(C)CC1=C(CC(C)C)CC2C(=O)OC(=O)C2C1. The standard InChI is InChI=1S/C16H24O3/c1-9(2)5-11-7-13-14(16(18)19-15(13)17)8-12(11)6-10(3)4/h9-10,13-14H,5-8H2,1-4H3. The van der Waals surface area contributed by atoms with Gasteiger partial charge in [0.15, 0.2) is 0 Å². The minimum Gasteiger partial charge on any atom is -0.393 e. The lowest BCUT2D eigenvalue weighted by molar-refractivity contribution is -0.153. The zero-order valence-corrected chi connectivity index (χ0v) is 12.4. The Bertz CT molecular complexity index is 380. The van der Waals surface area contributed by atoms with Gasteiger partial charge in [0.1, 0.15) is 0 Å². The van der Waals surface area contributed by atoms with Gasteiger partial charge in [-0.15, -0.1) is 0 Å². The van der Waals surface area contributed by atoms with Crippen LogP contribution in [-0.4, -0.2) is 11.9 Å². The molecule has 2 aliphatic rings. The zero-order chi connectivity index (χ0) is 14.2. The molecule has 0 amide bonds. The molecular weight excluding hydrogens is 240 g/mol. The highest BCUT2D eigenvalue weighted by molar-refractivity contribution is 5.97. The van der Waals surface area contributed by atoms with Crippen LogP contribution in [0, 0.1) is 23.7 Å². The first-order valence-corrected chi connectivity index (χ1v) is 7.33. The summed E-state index contributed by atoms with van der Waals surface area (Å²) in [6.45, 7) is 8.79. The molecule has 1 aliphatic carbocycles. The fourth-order valence-corrected chi connectivity index (χ4v) is 3.29. The third-order valence-corrected chi connectivity index (χ3v) is 4.03. The minimum atomic E-state index is -0.306. The monoisotopic (exact) mass is 264 g/mol. The average Bonchev–Trinajstić information content (AvgIpc) is 2.54. The van der Waals surface area contributed by atoms with Crippen molar-refractivity contribution in [3.8, 4) is 0 Å². The molecule has 106 valence electrons. The van der Waals surface area contributed by atoms with E-state index in [1.807, 2.05) is 0 Å². The van der Waals surface area contributed by atoms with E-state index in [2.05, 4.69) is 27.7 Å². The summed E-state index contributed by atoms with van der Waals surface area (Å²) in [5.41, 5.74) is 2.80. The highest BCUT2D eigenvalue weighted by atomic mass is 16.6. The van der Waals surface area contributed by atoms with Crippen molar-refractivity contribution in [1.82, 2.24) is 0 Å². The summed E-state index contributed by atoms with van der Waals surface area (Å²) in [6, 6.07) is 0. The van der Waals surface area contributed by atoms with E-state index in [4.69, 9.17) is 4.74 Å². The highest BCUT2D eigenvalue weighted by Crippen LogP contribution is 2.43. The summed E-state index contributed by atoms with van der Waals surface area (Å²) in [5, 5.41) is 0. The number of allylic oxidation sites excluding steroid dienone is 2. The summed E-state index contributed by atoms with van der Waals surface area (Å²) in [6.07, 6.45) is 3.53. The van der Waals surface area contributed by atoms with Crippen LogP contribution in [0.2, 0.25) is 0 Å². The Balaban J connectivity index is 2.24. The predicted molar refractivity (Wildman–Crippen MR) is 73.2 cm³/mol. The maximum absolute atomic E-state index is 11.7. The maximum atomic E-state index is 11.7. The molecule has 0 saturated carbocycles. The number of cyclic esters (lactones) is 2. The van der Waals surface area contributed by atoms with Gasteiger partial charge in [-0.2, -0.15) is 0 Å². The van der Waals surface area contributed by atoms with Crippen molar-refractivity contribution in [1.29, 1.82) is 0 Å². The van der Waals surface area contributed by atoms with E-state index in [-0.39, 0.29) is 23.8 Å². The molecule has 0 aromatic carbocycles. The topological polar surface area (TPSA) is 43.4 Å². The van der Waals surface area contributed by atoms with Gasteiger partial charge >= 0.3 is 11.9 Å². The highest BCUT2D eigenvalue weighted by Gasteiger charge is 2.47. The molecular formula is C16H24O3. The fraction of sp³-hybridized carbons (Fsp3) is 0.750. The number of fused-ring (bicyclic) bond motifs is 1. The molecule has 2 unspecified atom stereocenters. The van der Waals surface area contributed by atoms with Gasteiger partial charge in [-0.05, 0) is 37.5 Å². The van der Waals surface area contributed by atoms with Crippen LogP contribution in [0.5, 0.6) is 0 Å². The number of carbonyl (C=O) groups is 2. The lowest BCUT2D eigenvalue weighted by Crippen LogP contribution is -2.25. The molecule has 2 rings (SSSR count). The average molecular weight is 264 g/mol. The molecule has 3 heteroatoms. The molecule has 0 spiro atoms. The molecule has 1 fully saturated rings. The van der Waals surface area contributed by atoms with Crippen LogP contribution in [0.1, 0.15) is 53.4 Å². The van der Waals surface area contributed by atoms with Crippen molar-refractivity contribution in [2.24, 2.45) is 23.7 Å². The zero-order valence-electron chi connectivity index (χ0n) is 12.4. The number of carbonyl (C=O) groups excluding carboxylic acids is 2. The van der Waals surface area contributed by atoms with E-state index in [9.17, 15) is 9.59 Å². The van der Waals surface area contributed by atoms with Crippen LogP contribution in [0.3, 0.4) is 0 Å². The van der Waals surface area contributed by atoms with Crippen molar-refractivity contribution in [3.05, 3.63) is 11.1 Å². The molecule has 2 atom stereocenters. The van der Waals surface area contributed by atoms with E-state index in [0.717, 1.165) is 25.7 Å². The van der Waals surface area contributed by atoms with E-state index < -0.39 is 0 Å². The Morgan fingerprint density at radius 2 is 1.26 bits per heavy atom. The Kier molecular flexibility index (Phi) is 4.12. The van der Waals surface area contributed by atoms with E-state index >= 15 is 0 Å². The summed E-state index contributed by atoms with van der Waals surface area (Å²) in [7, 11) is 0. The van der Waals surface area contributed by atoms with Gasteiger partial charge in [0, 0.05) is 0 Å². The lowest BCUT2D eigenvalue weighted by Gasteiger charge is -2.28. The van der Waals surface area contributed by atoms with Crippen molar-refractivity contribution in [3.63, 3.8) is 0 Å². The molecule has 0 N–H and O–H groups in total. The Labute approximate surface area is 115 Å². The van der Waals surface area contributed by atoms with Gasteiger partial charge < -0.3 is 4.74 Å². The second-order valence-corrected chi connectivity index (χ2v) is 6.76. The molecule has 1 heterocycles.